The van der Waals surface area contributed by atoms with Crippen LogP contribution in [-0.2, 0) is 16.4 Å². The topological polar surface area (TPSA) is 99.0 Å². The second-order valence-electron chi connectivity index (χ2n) is 6.80. The number of carbonyl (C=O) groups is 1. The van der Waals surface area contributed by atoms with E-state index in [-0.39, 0.29) is 10.9 Å². The fourth-order valence-corrected chi connectivity index (χ4v) is 3.32. The summed E-state index contributed by atoms with van der Waals surface area (Å²) >= 11 is 0. The summed E-state index contributed by atoms with van der Waals surface area (Å²) in [6.07, 6.45) is 0.833. The fraction of sp³-hybridized carbons (Fsp3) is 0.588. The van der Waals surface area contributed by atoms with Crippen LogP contribution in [0.3, 0.4) is 0 Å². The molecular weight excluding hydrogens is 354 g/mol. The molecule has 2 amide bonds. The van der Waals surface area contributed by atoms with Crippen molar-refractivity contribution >= 4 is 16.1 Å². The van der Waals surface area contributed by atoms with Crippen LogP contribution in [0.2, 0.25) is 0 Å². The predicted molar refractivity (Wildman–Crippen MR) is 101 cm³/mol. The van der Waals surface area contributed by atoms with Crippen molar-refractivity contribution in [3.05, 3.63) is 29.8 Å². The number of urea groups is 1. The standard InChI is InChI=1S/C17H29N5O3S/c1-20(2)10-8-19-17(23)22-13-11-21(12-14-22)9-7-15-3-5-16(6-4-15)26(18,24)25/h3-6H,7-14H2,1-2H3,(H,19,23)(H2,18,24,25). The maximum atomic E-state index is 12.1. The molecular formula is C17H29N5O3S. The zero-order valence-corrected chi connectivity index (χ0v) is 16.3. The number of hydrogen-bond acceptors (Lipinski definition) is 5. The Morgan fingerprint density at radius 2 is 1.77 bits per heavy atom. The lowest BCUT2D eigenvalue weighted by Crippen LogP contribution is -2.52. The van der Waals surface area contributed by atoms with E-state index < -0.39 is 10.0 Å². The van der Waals surface area contributed by atoms with E-state index in [2.05, 4.69) is 10.2 Å². The van der Waals surface area contributed by atoms with Crippen molar-refractivity contribution < 1.29 is 13.2 Å². The number of carbonyl (C=O) groups excluding carboxylic acids is 1. The third-order valence-corrected chi connectivity index (χ3v) is 5.39. The Hall–Kier alpha value is -1.68. The summed E-state index contributed by atoms with van der Waals surface area (Å²) in [5, 5.41) is 8.05. The molecule has 8 nitrogen and oxygen atoms in total. The summed E-state index contributed by atoms with van der Waals surface area (Å²) in [4.78, 5) is 18.4. The van der Waals surface area contributed by atoms with E-state index in [1.807, 2.05) is 23.9 Å². The third kappa shape index (κ3) is 6.56. The van der Waals surface area contributed by atoms with Gasteiger partial charge in [0.1, 0.15) is 0 Å². The molecule has 0 saturated carbocycles. The van der Waals surface area contributed by atoms with Crippen LogP contribution < -0.4 is 10.5 Å². The summed E-state index contributed by atoms with van der Waals surface area (Å²) in [7, 11) is 0.322. The molecule has 1 aromatic carbocycles. The van der Waals surface area contributed by atoms with Crippen molar-refractivity contribution in [3.63, 3.8) is 0 Å². The van der Waals surface area contributed by atoms with Gasteiger partial charge in [0.05, 0.1) is 4.90 Å². The maximum absolute atomic E-state index is 12.1. The van der Waals surface area contributed by atoms with E-state index in [1.165, 1.54) is 0 Å². The molecule has 1 aliphatic heterocycles. The second-order valence-corrected chi connectivity index (χ2v) is 8.36. The Bertz CT molecular complexity index is 683. The van der Waals surface area contributed by atoms with Gasteiger partial charge in [-0.05, 0) is 38.2 Å². The molecule has 0 bridgehead atoms. The Morgan fingerprint density at radius 3 is 2.31 bits per heavy atom. The molecule has 0 unspecified atom stereocenters. The van der Waals surface area contributed by atoms with Gasteiger partial charge in [-0.1, -0.05) is 12.1 Å². The minimum atomic E-state index is -3.64. The Kier molecular flexibility index (Phi) is 7.39. The molecule has 9 heteroatoms. The first kappa shape index (κ1) is 20.6. The average molecular weight is 384 g/mol. The predicted octanol–water partition coefficient (Wildman–Crippen LogP) is -0.235. The molecule has 146 valence electrons. The van der Waals surface area contributed by atoms with Crippen molar-refractivity contribution in [1.29, 1.82) is 0 Å². The van der Waals surface area contributed by atoms with Crippen molar-refractivity contribution in [2.75, 3.05) is 59.9 Å². The van der Waals surface area contributed by atoms with Gasteiger partial charge in [0.15, 0.2) is 0 Å². The summed E-state index contributed by atoms with van der Waals surface area (Å²) in [5.41, 5.74) is 1.07. The zero-order chi connectivity index (χ0) is 19.2. The van der Waals surface area contributed by atoms with Gasteiger partial charge in [0, 0.05) is 45.8 Å². The van der Waals surface area contributed by atoms with Gasteiger partial charge in [-0.3, -0.25) is 4.90 Å². The van der Waals surface area contributed by atoms with Crippen LogP contribution in [0.1, 0.15) is 5.56 Å². The molecule has 0 radical (unpaired) electrons. The van der Waals surface area contributed by atoms with E-state index in [4.69, 9.17) is 5.14 Å². The average Bonchev–Trinajstić information content (AvgIpc) is 2.59. The number of nitrogens with zero attached hydrogens (tertiary/aromatic N) is 3. The molecule has 0 atom stereocenters. The summed E-state index contributed by atoms with van der Waals surface area (Å²) in [5.74, 6) is 0. The van der Waals surface area contributed by atoms with Gasteiger partial charge in [-0.2, -0.15) is 0 Å². The number of sulfonamides is 1. The van der Waals surface area contributed by atoms with Crippen LogP contribution in [0, 0.1) is 0 Å². The number of nitrogens with one attached hydrogen (secondary N) is 1. The van der Waals surface area contributed by atoms with Crippen molar-refractivity contribution in [1.82, 2.24) is 20.0 Å². The number of likely N-dealkylation sites (N-methyl/N-ethyl adjacent to an activating group) is 1. The number of amides is 2. The zero-order valence-electron chi connectivity index (χ0n) is 15.5. The Balaban J connectivity index is 1.71. The van der Waals surface area contributed by atoms with E-state index >= 15 is 0 Å². The highest BCUT2D eigenvalue weighted by atomic mass is 32.2. The molecule has 0 aliphatic carbocycles. The van der Waals surface area contributed by atoms with Gasteiger partial charge < -0.3 is 15.1 Å². The van der Waals surface area contributed by atoms with Gasteiger partial charge in [0.2, 0.25) is 10.0 Å². The first-order valence-corrected chi connectivity index (χ1v) is 10.3. The van der Waals surface area contributed by atoms with Crippen molar-refractivity contribution in [2.24, 2.45) is 5.14 Å². The molecule has 0 aromatic heterocycles. The van der Waals surface area contributed by atoms with Gasteiger partial charge in [-0.15, -0.1) is 0 Å². The normalized spacial score (nSPS) is 16.1. The molecule has 1 heterocycles. The highest BCUT2D eigenvalue weighted by Crippen LogP contribution is 2.10. The van der Waals surface area contributed by atoms with E-state index in [1.54, 1.807) is 24.3 Å². The highest BCUT2D eigenvalue weighted by molar-refractivity contribution is 7.89. The molecule has 1 aromatic rings. The van der Waals surface area contributed by atoms with Crippen LogP contribution in [0.5, 0.6) is 0 Å². The smallest absolute Gasteiger partial charge is 0.317 e. The minimum Gasteiger partial charge on any atom is -0.337 e. The van der Waals surface area contributed by atoms with E-state index in [9.17, 15) is 13.2 Å². The lowest BCUT2D eigenvalue weighted by Gasteiger charge is -2.34. The van der Waals surface area contributed by atoms with Gasteiger partial charge in [-0.25, -0.2) is 18.4 Å². The monoisotopic (exact) mass is 383 g/mol. The summed E-state index contributed by atoms with van der Waals surface area (Å²) in [6.45, 7) is 5.49. The molecule has 0 spiro atoms. The number of hydrogen-bond donors (Lipinski definition) is 2. The quantitative estimate of drug-likeness (QED) is 0.677. The number of nitrogens with two attached hydrogens (primary N) is 1. The minimum absolute atomic E-state index is 0.00471. The first-order valence-electron chi connectivity index (χ1n) is 8.77. The summed E-state index contributed by atoms with van der Waals surface area (Å²) < 4.78 is 22.5. The lowest BCUT2D eigenvalue weighted by atomic mass is 10.1. The number of primary sulfonamides is 1. The number of rotatable bonds is 7. The molecule has 1 saturated heterocycles. The van der Waals surface area contributed by atoms with E-state index in [0.29, 0.717) is 6.54 Å². The number of piperazine rings is 1. The molecule has 3 N–H and O–H groups in total. The van der Waals surface area contributed by atoms with Gasteiger partial charge in [0.25, 0.3) is 0 Å². The van der Waals surface area contributed by atoms with Crippen LogP contribution >= 0.6 is 0 Å². The second kappa shape index (κ2) is 9.31. The molecule has 1 fully saturated rings. The van der Waals surface area contributed by atoms with Gasteiger partial charge >= 0.3 is 6.03 Å². The van der Waals surface area contributed by atoms with Crippen molar-refractivity contribution in [2.45, 2.75) is 11.3 Å². The lowest BCUT2D eigenvalue weighted by molar-refractivity contribution is 0.139. The number of benzene rings is 1. The SMILES string of the molecule is CN(C)CCNC(=O)N1CCN(CCc2ccc(S(N)(=O)=O)cc2)CC1. The highest BCUT2D eigenvalue weighted by Gasteiger charge is 2.20. The fourth-order valence-electron chi connectivity index (χ4n) is 2.81. The maximum Gasteiger partial charge on any atom is 0.317 e. The Morgan fingerprint density at radius 1 is 1.15 bits per heavy atom. The third-order valence-electron chi connectivity index (χ3n) is 4.46. The Labute approximate surface area is 156 Å². The van der Waals surface area contributed by atoms with Crippen LogP contribution in [-0.4, -0.2) is 89.1 Å². The van der Waals surface area contributed by atoms with Crippen LogP contribution in [0.4, 0.5) is 4.79 Å². The largest absolute Gasteiger partial charge is 0.337 e. The van der Waals surface area contributed by atoms with Crippen LogP contribution in [0.25, 0.3) is 0 Å². The molecule has 2 rings (SSSR count). The van der Waals surface area contributed by atoms with Crippen molar-refractivity contribution in [3.8, 4) is 0 Å². The first-order chi connectivity index (χ1) is 12.3. The molecule has 1 aliphatic rings. The van der Waals surface area contributed by atoms with E-state index in [0.717, 1.165) is 51.3 Å². The molecule has 26 heavy (non-hydrogen) atoms. The van der Waals surface area contributed by atoms with Crippen LogP contribution in [0.15, 0.2) is 29.2 Å². The summed E-state index contributed by atoms with van der Waals surface area (Å²) in [6, 6.07) is 6.69.